The maximum Gasteiger partial charge on any atom is 0.250 e. The van der Waals surface area contributed by atoms with Crippen molar-refractivity contribution in [2.45, 2.75) is 19.4 Å². The van der Waals surface area contributed by atoms with E-state index >= 15 is 0 Å². The fourth-order valence-electron chi connectivity index (χ4n) is 1.27. The second-order valence-electron chi connectivity index (χ2n) is 3.40. The van der Waals surface area contributed by atoms with E-state index in [2.05, 4.69) is 0 Å². The third kappa shape index (κ3) is 1.49. The van der Waals surface area contributed by atoms with Gasteiger partial charge in [0.2, 0.25) is 0 Å². The molecule has 64 valence electrons. The number of hydrogen-bond donors (Lipinski definition) is 1. The minimum atomic E-state index is 0.0519. The Labute approximate surface area is 70.8 Å². The zero-order valence-electron chi connectivity index (χ0n) is 6.86. The third-order valence-electron chi connectivity index (χ3n) is 2.16. The SMILES string of the molecule is Nc1ccc(=O)n(CC2CC2)c1. The Morgan fingerprint density at radius 2 is 2.25 bits per heavy atom. The van der Waals surface area contributed by atoms with Crippen molar-refractivity contribution in [1.29, 1.82) is 0 Å². The van der Waals surface area contributed by atoms with Gasteiger partial charge in [0.25, 0.3) is 5.56 Å². The van der Waals surface area contributed by atoms with E-state index < -0.39 is 0 Å². The van der Waals surface area contributed by atoms with Crippen LogP contribution in [0.1, 0.15) is 12.8 Å². The molecule has 0 atom stereocenters. The minimum absolute atomic E-state index is 0.0519. The number of nitrogens with zero attached hydrogens (tertiary/aromatic N) is 1. The predicted octanol–water partition coefficient (Wildman–Crippen LogP) is 0.841. The van der Waals surface area contributed by atoms with Crippen molar-refractivity contribution < 1.29 is 0 Å². The van der Waals surface area contributed by atoms with Gasteiger partial charge in [-0.3, -0.25) is 4.79 Å². The molecular weight excluding hydrogens is 152 g/mol. The van der Waals surface area contributed by atoms with Crippen molar-refractivity contribution in [2.75, 3.05) is 5.73 Å². The molecule has 1 aromatic heterocycles. The van der Waals surface area contributed by atoms with Crippen LogP contribution in [0.2, 0.25) is 0 Å². The average molecular weight is 164 g/mol. The van der Waals surface area contributed by atoms with Crippen LogP contribution in [0.3, 0.4) is 0 Å². The molecule has 1 aliphatic carbocycles. The molecule has 0 bridgehead atoms. The van der Waals surface area contributed by atoms with Crippen molar-refractivity contribution in [3.63, 3.8) is 0 Å². The number of aromatic nitrogens is 1. The Morgan fingerprint density at radius 3 is 2.92 bits per heavy atom. The third-order valence-corrected chi connectivity index (χ3v) is 2.16. The molecule has 0 aromatic carbocycles. The van der Waals surface area contributed by atoms with Gasteiger partial charge < -0.3 is 10.3 Å². The Hall–Kier alpha value is -1.25. The zero-order valence-corrected chi connectivity index (χ0v) is 6.86. The summed E-state index contributed by atoms with van der Waals surface area (Å²) in [5.74, 6) is 0.712. The smallest absolute Gasteiger partial charge is 0.250 e. The summed E-state index contributed by atoms with van der Waals surface area (Å²) in [5, 5.41) is 0. The molecule has 0 spiro atoms. The second-order valence-corrected chi connectivity index (χ2v) is 3.40. The molecule has 0 saturated heterocycles. The first-order valence-electron chi connectivity index (χ1n) is 4.21. The van der Waals surface area contributed by atoms with Gasteiger partial charge in [0.05, 0.1) is 0 Å². The fraction of sp³-hybridized carbons (Fsp3) is 0.444. The van der Waals surface area contributed by atoms with Crippen molar-refractivity contribution >= 4 is 5.69 Å². The first-order valence-corrected chi connectivity index (χ1v) is 4.21. The van der Waals surface area contributed by atoms with Crippen LogP contribution in [-0.2, 0) is 6.54 Å². The van der Waals surface area contributed by atoms with E-state index in [1.54, 1.807) is 16.8 Å². The molecule has 1 saturated carbocycles. The van der Waals surface area contributed by atoms with Crippen molar-refractivity contribution in [3.8, 4) is 0 Å². The first kappa shape index (κ1) is 7.40. The van der Waals surface area contributed by atoms with E-state index in [1.165, 1.54) is 18.9 Å². The zero-order chi connectivity index (χ0) is 8.55. The average Bonchev–Trinajstić information content (AvgIpc) is 2.81. The van der Waals surface area contributed by atoms with Crippen LogP contribution in [0, 0.1) is 5.92 Å². The number of rotatable bonds is 2. The van der Waals surface area contributed by atoms with Gasteiger partial charge in [0, 0.05) is 24.5 Å². The van der Waals surface area contributed by atoms with Gasteiger partial charge in [0.1, 0.15) is 0 Å². The molecule has 1 fully saturated rings. The Bertz CT molecular complexity index is 339. The van der Waals surface area contributed by atoms with Gasteiger partial charge in [-0.25, -0.2) is 0 Å². The quantitative estimate of drug-likeness (QED) is 0.704. The van der Waals surface area contributed by atoms with E-state index in [0.29, 0.717) is 11.6 Å². The maximum atomic E-state index is 11.2. The summed E-state index contributed by atoms with van der Waals surface area (Å²) in [7, 11) is 0. The molecule has 12 heavy (non-hydrogen) atoms. The highest BCUT2D eigenvalue weighted by molar-refractivity contribution is 5.33. The van der Waals surface area contributed by atoms with Crippen LogP contribution in [0.25, 0.3) is 0 Å². The second kappa shape index (κ2) is 2.66. The van der Waals surface area contributed by atoms with Crippen LogP contribution in [0.4, 0.5) is 5.69 Å². The summed E-state index contributed by atoms with van der Waals surface area (Å²) in [4.78, 5) is 11.2. The van der Waals surface area contributed by atoms with Gasteiger partial charge in [-0.15, -0.1) is 0 Å². The Balaban J connectivity index is 2.27. The van der Waals surface area contributed by atoms with E-state index in [4.69, 9.17) is 5.73 Å². The first-order chi connectivity index (χ1) is 5.75. The highest BCUT2D eigenvalue weighted by Gasteiger charge is 2.21. The molecule has 2 rings (SSSR count). The topological polar surface area (TPSA) is 48.0 Å². The summed E-state index contributed by atoms with van der Waals surface area (Å²) in [6, 6.07) is 3.17. The number of nitrogens with two attached hydrogens (primary N) is 1. The lowest BCUT2D eigenvalue weighted by atomic mass is 10.3. The van der Waals surface area contributed by atoms with Gasteiger partial charge in [0.15, 0.2) is 0 Å². The van der Waals surface area contributed by atoms with Gasteiger partial charge in [-0.1, -0.05) is 0 Å². The van der Waals surface area contributed by atoms with Crippen LogP contribution < -0.4 is 11.3 Å². The fourth-order valence-corrected chi connectivity index (χ4v) is 1.27. The van der Waals surface area contributed by atoms with Crippen LogP contribution in [-0.4, -0.2) is 4.57 Å². The normalized spacial score (nSPS) is 16.3. The molecule has 2 N–H and O–H groups in total. The number of pyridine rings is 1. The largest absolute Gasteiger partial charge is 0.398 e. The van der Waals surface area contributed by atoms with Crippen LogP contribution in [0.5, 0.6) is 0 Å². The lowest BCUT2D eigenvalue weighted by molar-refractivity contribution is 0.608. The molecule has 0 radical (unpaired) electrons. The molecule has 0 aliphatic heterocycles. The minimum Gasteiger partial charge on any atom is -0.398 e. The molecule has 0 unspecified atom stereocenters. The monoisotopic (exact) mass is 164 g/mol. The molecule has 0 amide bonds. The van der Waals surface area contributed by atoms with E-state index in [0.717, 1.165) is 6.54 Å². The van der Waals surface area contributed by atoms with E-state index in [9.17, 15) is 4.79 Å². The Morgan fingerprint density at radius 1 is 1.50 bits per heavy atom. The van der Waals surface area contributed by atoms with Gasteiger partial charge >= 0.3 is 0 Å². The van der Waals surface area contributed by atoms with Crippen LogP contribution >= 0.6 is 0 Å². The summed E-state index contributed by atoms with van der Waals surface area (Å²) in [6.07, 6.45) is 4.23. The van der Waals surface area contributed by atoms with E-state index in [-0.39, 0.29) is 5.56 Å². The van der Waals surface area contributed by atoms with Crippen LogP contribution in [0.15, 0.2) is 23.1 Å². The number of hydrogen-bond acceptors (Lipinski definition) is 2. The standard InChI is InChI=1S/C9H12N2O/c10-8-3-4-9(12)11(6-8)5-7-1-2-7/h3-4,6-7H,1-2,5,10H2. The lowest BCUT2D eigenvalue weighted by Crippen LogP contribution is -2.19. The van der Waals surface area contributed by atoms with Gasteiger partial charge in [-0.05, 0) is 24.8 Å². The maximum absolute atomic E-state index is 11.2. The number of anilines is 1. The van der Waals surface area contributed by atoms with Crippen molar-refractivity contribution in [1.82, 2.24) is 4.57 Å². The molecule has 3 heteroatoms. The predicted molar refractivity (Wildman–Crippen MR) is 47.8 cm³/mol. The van der Waals surface area contributed by atoms with E-state index in [1.807, 2.05) is 0 Å². The summed E-state index contributed by atoms with van der Waals surface area (Å²) in [5.41, 5.74) is 6.28. The summed E-state index contributed by atoms with van der Waals surface area (Å²) >= 11 is 0. The van der Waals surface area contributed by atoms with Crippen molar-refractivity contribution in [3.05, 3.63) is 28.7 Å². The number of nitrogen functional groups attached to an aromatic ring is 1. The summed E-state index contributed by atoms with van der Waals surface area (Å²) < 4.78 is 1.70. The molecule has 3 nitrogen and oxygen atoms in total. The summed E-state index contributed by atoms with van der Waals surface area (Å²) in [6.45, 7) is 0.837. The highest BCUT2D eigenvalue weighted by Crippen LogP contribution is 2.30. The molecule has 1 aliphatic rings. The molecule has 1 heterocycles. The molecular formula is C9H12N2O. The molecule has 1 aromatic rings. The Kier molecular flexibility index (Phi) is 1.64. The lowest BCUT2D eigenvalue weighted by Gasteiger charge is -2.03. The van der Waals surface area contributed by atoms with Gasteiger partial charge in [-0.2, -0.15) is 0 Å². The highest BCUT2D eigenvalue weighted by atomic mass is 16.1. The van der Waals surface area contributed by atoms with Crippen molar-refractivity contribution in [2.24, 2.45) is 5.92 Å².